The molecule has 0 amide bonds. The van der Waals surface area contributed by atoms with Gasteiger partial charge in [0, 0.05) is 11.0 Å². The highest BCUT2D eigenvalue weighted by molar-refractivity contribution is 14.1. The fourth-order valence-electron chi connectivity index (χ4n) is 1.15. The van der Waals surface area contributed by atoms with Gasteiger partial charge >= 0.3 is 5.69 Å². The molecule has 0 aromatic heterocycles. The van der Waals surface area contributed by atoms with E-state index in [1.54, 1.807) is 12.1 Å². The van der Waals surface area contributed by atoms with Gasteiger partial charge in [0.2, 0.25) is 0 Å². The van der Waals surface area contributed by atoms with Crippen LogP contribution in [0.15, 0.2) is 16.6 Å². The molecule has 0 heterocycles. The lowest BCUT2D eigenvalue weighted by Gasteiger charge is -2.11. The monoisotopic (exact) mass is 416 g/mol. The Hall–Kier alpha value is -0.450. The molecule has 17 heavy (non-hydrogen) atoms. The van der Waals surface area contributed by atoms with Crippen molar-refractivity contribution in [2.45, 2.75) is 6.10 Å². The summed E-state index contributed by atoms with van der Waals surface area (Å²) < 4.78 is 1.12. The van der Waals surface area contributed by atoms with Crippen LogP contribution in [0.3, 0.4) is 0 Å². The van der Waals surface area contributed by atoms with Gasteiger partial charge in [-0.05, 0) is 50.7 Å². The smallest absolute Gasteiger partial charge is 0.306 e. The number of nitrogens with zero attached hydrogens (tertiary/aromatic N) is 1. The molecule has 0 aliphatic rings. The molecular formula is C9H10BrIN2O4. The fraction of sp³-hybridized carbons (Fsp3) is 0.333. The lowest BCUT2D eigenvalue weighted by molar-refractivity contribution is -0.385. The third kappa shape index (κ3) is 3.76. The Kier molecular flexibility index (Phi) is 5.56. The van der Waals surface area contributed by atoms with Crippen LogP contribution < -0.4 is 5.32 Å². The highest BCUT2D eigenvalue weighted by atomic mass is 127. The summed E-state index contributed by atoms with van der Waals surface area (Å²) in [6, 6.07) is 3.23. The number of nitro benzene ring substituents is 1. The molecule has 0 saturated carbocycles. The maximum atomic E-state index is 10.9. The first-order chi connectivity index (χ1) is 7.97. The van der Waals surface area contributed by atoms with Gasteiger partial charge in [-0.3, -0.25) is 10.1 Å². The number of nitro groups is 1. The SMILES string of the molecule is O=[N+]([O-])c1c(NCC(O)CO)ccc(Br)c1I. The summed E-state index contributed by atoms with van der Waals surface area (Å²) in [5, 5.41) is 31.5. The van der Waals surface area contributed by atoms with Crippen LogP contribution in [0.4, 0.5) is 11.4 Å². The molecule has 0 radical (unpaired) electrons. The van der Waals surface area contributed by atoms with Crippen LogP contribution in [0.1, 0.15) is 0 Å². The van der Waals surface area contributed by atoms with Crippen LogP contribution in [0, 0.1) is 13.7 Å². The molecule has 1 aromatic rings. The van der Waals surface area contributed by atoms with Gasteiger partial charge in [0.25, 0.3) is 0 Å². The van der Waals surface area contributed by atoms with Gasteiger partial charge in [0.05, 0.1) is 17.6 Å². The molecule has 8 heteroatoms. The predicted octanol–water partition coefficient (Wildman–Crippen LogP) is 1.73. The average Bonchev–Trinajstić information content (AvgIpc) is 2.29. The van der Waals surface area contributed by atoms with E-state index >= 15 is 0 Å². The van der Waals surface area contributed by atoms with E-state index in [9.17, 15) is 15.2 Å². The summed E-state index contributed by atoms with van der Waals surface area (Å²) >= 11 is 5.08. The third-order valence-electron chi connectivity index (χ3n) is 1.99. The zero-order chi connectivity index (χ0) is 13.0. The second kappa shape index (κ2) is 6.47. The van der Waals surface area contributed by atoms with E-state index in [1.807, 2.05) is 22.6 Å². The van der Waals surface area contributed by atoms with Crippen LogP contribution in [0.5, 0.6) is 0 Å². The topological polar surface area (TPSA) is 95.6 Å². The summed E-state index contributed by atoms with van der Waals surface area (Å²) in [5.74, 6) is 0. The largest absolute Gasteiger partial charge is 0.394 e. The lowest BCUT2D eigenvalue weighted by atomic mass is 10.2. The van der Waals surface area contributed by atoms with Gasteiger partial charge in [0.1, 0.15) is 9.26 Å². The van der Waals surface area contributed by atoms with E-state index in [4.69, 9.17) is 5.11 Å². The minimum absolute atomic E-state index is 0.0506. The molecule has 6 nitrogen and oxygen atoms in total. The first kappa shape index (κ1) is 14.6. The molecule has 0 aliphatic carbocycles. The van der Waals surface area contributed by atoms with Crippen molar-refractivity contribution in [2.75, 3.05) is 18.5 Å². The molecule has 1 rings (SSSR count). The van der Waals surface area contributed by atoms with Gasteiger partial charge < -0.3 is 15.5 Å². The van der Waals surface area contributed by atoms with Crippen LogP contribution >= 0.6 is 38.5 Å². The zero-order valence-electron chi connectivity index (χ0n) is 8.56. The summed E-state index contributed by atoms with van der Waals surface area (Å²) in [6.07, 6.45) is -0.948. The van der Waals surface area contributed by atoms with Crippen molar-refractivity contribution in [3.8, 4) is 0 Å². The van der Waals surface area contributed by atoms with E-state index in [0.717, 1.165) is 0 Å². The molecule has 1 aromatic carbocycles. The van der Waals surface area contributed by atoms with Gasteiger partial charge in [-0.15, -0.1) is 0 Å². The summed E-state index contributed by atoms with van der Waals surface area (Å²) in [6.45, 7) is -0.344. The van der Waals surface area contributed by atoms with Crippen LogP contribution in [0.2, 0.25) is 0 Å². The van der Waals surface area contributed by atoms with E-state index in [0.29, 0.717) is 13.7 Å². The van der Waals surface area contributed by atoms with E-state index < -0.39 is 17.6 Å². The normalized spacial score (nSPS) is 12.2. The van der Waals surface area contributed by atoms with Gasteiger partial charge in [-0.1, -0.05) is 0 Å². The van der Waals surface area contributed by atoms with Gasteiger partial charge in [-0.25, -0.2) is 0 Å². The average molecular weight is 417 g/mol. The molecule has 94 valence electrons. The number of hydrogen-bond acceptors (Lipinski definition) is 5. The predicted molar refractivity (Wildman–Crippen MR) is 75.1 cm³/mol. The maximum absolute atomic E-state index is 10.9. The minimum atomic E-state index is -0.948. The highest BCUT2D eigenvalue weighted by Gasteiger charge is 2.20. The Morgan fingerprint density at radius 1 is 1.59 bits per heavy atom. The number of nitrogens with one attached hydrogen (secondary N) is 1. The number of benzene rings is 1. The lowest BCUT2D eigenvalue weighted by Crippen LogP contribution is -2.23. The van der Waals surface area contributed by atoms with Crippen molar-refractivity contribution >= 4 is 49.9 Å². The molecule has 0 aliphatic heterocycles. The van der Waals surface area contributed by atoms with E-state index in [-0.39, 0.29) is 12.2 Å². The Morgan fingerprint density at radius 2 is 2.24 bits per heavy atom. The molecular weight excluding hydrogens is 407 g/mol. The number of hydrogen-bond donors (Lipinski definition) is 3. The minimum Gasteiger partial charge on any atom is -0.394 e. The van der Waals surface area contributed by atoms with Gasteiger partial charge in [-0.2, -0.15) is 0 Å². The fourth-order valence-corrected chi connectivity index (χ4v) is 2.14. The van der Waals surface area contributed by atoms with Crippen LogP contribution in [0.25, 0.3) is 0 Å². The molecule has 3 N–H and O–H groups in total. The van der Waals surface area contributed by atoms with Gasteiger partial charge in [0.15, 0.2) is 0 Å². The van der Waals surface area contributed by atoms with Crippen molar-refractivity contribution in [2.24, 2.45) is 0 Å². The third-order valence-corrected chi connectivity index (χ3v) is 4.48. The van der Waals surface area contributed by atoms with Crippen molar-refractivity contribution in [1.29, 1.82) is 0 Å². The second-order valence-electron chi connectivity index (χ2n) is 3.23. The molecule has 0 fully saturated rings. The molecule has 0 bridgehead atoms. The Morgan fingerprint density at radius 3 is 2.76 bits per heavy atom. The standard InChI is InChI=1S/C9H10BrIN2O4/c10-6-1-2-7(12-3-5(15)4-14)9(8(6)11)13(16)17/h1-2,5,12,14-15H,3-4H2. The summed E-state index contributed by atoms with van der Waals surface area (Å²) in [4.78, 5) is 10.5. The van der Waals surface area contributed by atoms with E-state index in [1.165, 1.54) is 0 Å². The molecule has 1 unspecified atom stereocenters. The van der Waals surface area contributed by atoms with Crippen LogP contribution in [-0.4, -0.2) is 34.4 Å². The maximum Gasteiger partial charge on any atom is 0.306 e. The number of rotatable bonds is 5. The summed E-state index contributed by atoms with van der Waals surface area (Å²) in [7, 11) is 0. The first-order valence-electron chi connectivity index (χ1n) is 4.62. The summed E-state index contributed by atoms with van der Waals surface area (Å²) in [5.41, 5.74) is 0.264. The van der Waals surface area contributed by atoms with Crippen molar-refractivity contribution in [3.63, 3.8) is 0 Å². The van der Waals surface area contributed by atoms with Crippen molar-refractivity contribution < 1.29 is 15.1 Å². The van der Waals surface area contributed by atoms with E-state index in [2.05, 4.69) is 21.2 Å². The Balaban J connectivity index is 2.99. The Labute approximate surface area is 119 Å². The van der Waals surface area contributed by atoms with Crippen molar-refractivity contribution in [1.82, 2.24) is 0 Å². The van der Waals surface area contributed by atoms with Crippen LogP contribution in [-0.2, 0) is 0 Å². The zero-order valence-corrected chi connectivity index (χ0v) is 12.3. The number of aliphatic hydroxyl groups is 2. The van der Waals surface area contributed by atoms with Crippen molar-refractivity contribution in [3.05, 3.63) is 30.3 Å². The number of halogens is 2. The first-order valence-corrected chi connectivity index (χ1v) is 6.49. The highest BCUT2D eigenvalue weighted by Crippen LogP contribution is 2.35. The molecule has 0 spiro atoms. The molecule has 0 saturated heterocycles. The quantitative estimate of drug-likeness (QED) is 0.386. The number of aliphatic hydroxyl groups excluding tert-OH is 2. The Bertz CT molecular complexity index is 430. The number of anilines is 1. The molecule has 1 atom stereocenters. The second-order valence-corrected chi connectivity index (χ2v) is 5.17.